The molecule has 0 radical (unpaired) electrons. The predicted molar refractivity (Wildman–Crippen MR) is 66.4 cm³/mol. The molecule has 6 nitrogen and oxygen atoms in total. The van der Waals surface area contributed by atoms with Crippen LogP contribution in [-0.4, -0.2) is 42.4 Å². The van der Waals surface area contributed by atoms with Gasteiger partial charge in [0.05, 0.1) is 6.10 Å². The maximum Gasteiger partial charge on any atom is 0.326 e. The monoisotopic (exact) mass is 258 g/mol. The van der Waals surface area contributed by atoms with E-state index in [1.165, 1.54) is 0 Å². The average molecular weight is 258 g/mol. The van der Waals surface area contributed by atoms with Crippen LogP contribution < -0.4 is 10.6 Å². The zero-order valence-electron chi connectivity index (χ0n) is 11.3. The third kappa shape index (κ3) is 3.87. The van der Waals surface area contributed by atoms with Crippen LogP contribution in [0.2, 0.25) is 0 Å². The standard InChI is InChI=1S/C12H22N2O4/c1-12(2,3)9(10(15)16)14-11(17)13-7-5-8(6-7)18-4/h7-9H,5-6H2,1-4H3,(H,15,16)(H2,13,14,17)/t7?,8?,9-/m1/s1. The Morgan fingerprint density at radius 3 is 2.28 bits per heavy atom. The molecule has 104 valence electrons. The summed E-state index contributed by atoms with van der Waals surface area (Å²) in [5, 5.41) is 14.3. The Morgan fingerprint density at radius 1 is 1.33 bits per heavy atom. The Kier molecular flexibility index (Phi) is 4.56. The highest BCUT2D eigenvalue weighted by Gasteiger charge is 2.35. The second-order valence-electron chi connectivity index (χ2n) is 5.78. The fourth-order valence-electron chi connectivity index (χ4n) is 1.88. The van der Waals surface area contributed by atoms with Crippen molar-refractivity contribution in [3.63, 3.8) is 0 Å². The number of aliphatic carboxylic acids is 1. The van der Waals surface area contributed by atoms with Crippen molar-refractivity contribution in [1.29, 1.82) is 0 Å². The lowest BCUT2D eigenvalue weighted by molar-refractivity contribution is -0.141. The number of carbonyl (C=O) groups excluding carboxylic acids is 1. The fourth-order valence-corrected chi connectivity index (χ4v) is 1.88. The molecule has 2 amide bonds. The minimum absolute atomic E-state index is 0.0735. The first kappa shape index (κ1) is 14.8. The van der Waals surface area contributed by atoms with Crippen LogP contribution in [0.3, 0.4) is 0 Å². The maximum atomic E-state index is 11.7. The molecule has 1 rings (SSSR count). The normalized spacial score (nSPS) is 24.9. The smallest absolute Gasteiger partial charge is 0.326 e. The third-order valence-corrected chi connectivity index (χ3v) is 3.15. The Morgan fingerprint density at radius 2 is 1.89 bits per heavy atom. The van der Waals surface area contributed by atoms with Crippen LogP contribution in [0.25, 0.3) is 0 Å². The summed E-state index contributed by atoms with van der Waals surface area (Å²) in [6.07, 6.45) is 1.75. The molecular weight excluding hydrogens is 236 g/mol. The molecule has 1 aliphatic rings. The molecule has 1 fully saturated rings. The van der Waals surface area contributed by atoms with Gasteiger partial charge in [-0.05, 0) is 18.3 Å². The number of nitrogens with one attached hydrogen (secondary N) is 2. The van der Waals surface area contributed by atoms with E-state index in [1.807, 2.05) is 0 Å². The van der Waals surface area contributed by atoms with Gasteiger partial charge in [-0.3, -0.25) is 0 Å². The van der Waals surface area contributed by atoms with Crippen LogP contribution >= 0.6 is 0 Å². The largest absolute Gasteiger partial charge is 0.480 e. The van der Waals surface area contributed by atoms with Crippen LogP contribution in [-0.2, 0) is 9.53 Å². The fraction of sp³-hybridized carbons (Fsp3) is 0.833. The molecule has 18 heavy (non-hydrogen) atoms. The molecule has 0 aromatic rings. The Hall–Kier alpha value is -1.30. The van der Waals surface area contributed by atoms with Crippen molar-refractivity contribution >= 4 is 12.0 Å². The molecule has 0 aromatic heterocycles. The highest BCUT2D eigenvalue weighted by atomic mass is 16.5. The van der Waals surface area contributed by atoms with Crippen LogP contribution in [0, 0.1) is 5.41 Å². The number of urea groups is 1. The average Bonchev–Trinajstić information content (AvgIpc) is 2.17. The van der Waals surface area contributed by atoms with E-state index in [0.29, 0.717) is 0 Å². The minimum atomic E-state index is -1.03. The van der Waals surface area contributed by atoms with Gasteiger partial charge in [-0.15, -0.1) is 0 Å². The molecule has 1 saturated carbocycles. The highest BCUT2D eigenvalue weighted by Crippen LogP contribution is 2.23. The van der Waals surface area contributed by atoms with Crippen LogP contribution in [0.1, 0.15) is 33.6 Å². The van der Waals surface area contributed by atoms with Gasteiger partial charge in [0.25, 0.3) is 0 Å². The van der Waals surface area contributed by atoms with Crippen molar-refractivity contribution in [2.75, 3.05) is 7.11 Å². The van der Waals surface area contributed by atoms with Gasteiger partial charge >= 0.3 is 12.0 Å². The Balaban J connectivity index is 2.41. The van der Waals surface area contributed by atoms with E-state index in [0.717, 1.165) is 12.8 Å². The van der Waals surface area contributed by atoms with E-state index in [9.17, 15) is 9.59 Å². The number of rotatable bonds is 4. The van der Waals surface area contributed by atoms with E-state index in [1.54, 1.807) is 27.9 Å². The van der Waals surface area contributed by atoms with E-state index in [4.69, 9.17) is 9.84 Å². The number of methoxy groups -OCH3 is 1. The van der Waals surface area contributed by atoms with Crippen molar-refractivity contribution < 1.29 is 19.4 Å². The SMILES string of the molecule is COC1CC(NC(=O)N[C@H](C(=O)O)C(C)(C)C)C1. The van der Waals surface area contributed by atoms with Gasteiger partial charge < -0.3 is 20.5 Å². The number of ether oxygens (including phenoxy) is 1. The molecule has 1 atom stereocenters. The quantitative estimate of drug-likeness (QED) is 0.701. The third-order valence-electron chi connectivity index (χ3n) is 3.15. The zero-order chi connectivity index (χ0) is 13.9. The van der Waals surface area contributed by atoms with Gasteiger partial charge in [0.2, 0.25) is 0 Å². The number of carbonyl (C=O) groups is 2. The second kappa shape index (κ2) is 5.56. The van der Waals surface area contributed by atoms with Gasteiger partial charge in [-0.1, -0.05) is 20.8 Å². The lowest BCUT2D eigenvalue weighted by Crippen LogP contribution is -2.56. The summed E-state index contributed by atoms with van der Waals surface area (Å²) in [6, 6.07) is -1.27. The van der Waals surface area contributed by atoms with Crippen molar-refractivity contribution in [3.05, 3.63) is 0 Å². The van der Waals surface area contributed by atoms with Gasteiger partial charge in [0.1, 0.15) is 6.04 Å². The number of carboxylic acids is 1. The van der Waals surface area contributed by atoms with Crippen LogP contribution in [0.5, 0.6) is 0 Å². The zero-order valence-corrected chi connectivity index (χ0v) is 11.3. The summed E-state index contributed by atoms with van der Waals surface area (Å²) in [7, 11) is 1.64. The number of carboxylic acid groups (broad SMARTS) is 1. The van der Waals surface area contributed by atoms with Crippen LogP contribution in [0.4, 0.5) is 4.79 Å². The van der Waals surface area contributed by atoms with E-state index in [-0.39, 0.29) is 12.1 Å². The first-order valence-electron chi connectivity index (χ1n) is 6.06. The van der Waals surface area contributed by atoms with Crippen molar-refractivity contribution in [3.8, 4) is 0 Å². The maximum absolute atomic E-state index is 11.7. The molecule has 3 N–H and O–H groups in total. The molecule has 0 spiro atoms. The van der Waals surface area contributed by atoms with Crippen molar-refractivity contribution in [1.82, 2.24) is 10.6 Å². The van der Waals surface area contributed by atoms with Gasteiger partial charge in [0.15, 0.2) is 0 Å². The summed E-state index contributed by atoms with van der Waals surface area (Å²) in [4.78, 5) is 22.8. The summed E-state index contributed by atoms with van der Waals surface area (Å²) < 4.78 is 5.11. The van der Waals surface area contributed by atoms with Crippen LogP contribution in [0.15, 0.2) is 0 Å². The number of hydrogen-bond acceptors (Lipinski definition) is 3. The summed E-state index contributed by atoms with van der Waals surface area (Å²) in [5.41, 5.74) is -0.530. The van der Waals surface area contributed by atoms with Gasteiger partial charge in [0, 0.05) is 13.2 Å². The topological polar surface area (TPSA) is 87.7 Å². The van der Waals surface area contributed by atoms with Gasteiger partial charge in [-0.2, -0.15) is 0 Å². The first-order valence-corrected chi connectivity index (χ1v) is 6.06. The Labute approximate surface area is 107 Å². The Bertz CT molecular complexity index is 319. The highest BCUT2D eigenvalue weighted by molar-refractivity contribution is 5.83. The van der Waals surface area contributed by atoms with Crippen molar-refractivity contribution in [2.24, 2.45) is 5.41 Å². The van der Waals surface area contributed by atoms with E-state index < -0.39 is 23.5 Å². The molecule has 0 aliphatic heterocycles. The molecule has 1 aliphatic carbocycles. The molecular formula is C12H22N2O4. The molecule has 0 aromatic carbocycles. The summed E-state index contributed by atoms with van der Waals surface area (Å²) in [6.45, 7) is 5.32. The number of amides is 2. The predicted octanol–water partition coefficient (Wildman–Crippen LogP) is 0.962. The van der Waals surface area contributed by atoms with E-state index in [2.05, 4.69) is 10.6 Å². The molecule has 0 unspecified atom stereocenters. The summed E-state index contributed by atoms with van der Waals surface area (Å²) in [5.74, 6) is -1.03. The lowest BCUT2D eigenvalue weighted by atomic mass is 9.86. The van der Waals surface area contributed by atoms with E-state index >= 15 is 0 Å². The first-order chi connectivity index (χ1) is 8.24. The molecule has 0 bridgehead atoms. The second-order valence-corrected chi connectivity index (χ2v) is 5.78. The van der Waals surface area contributed by atoms with Gasteiger partial charge in [-0.25, -0.2) is 9.59 Å². The lowest BCUT2D eigenvalue weighted by Gasteiger charge is -2.35. The molecule has 6 heteroatoms. The minimum Gasteiger partial charge on any atom is -0.480 e. The van der Waals surface area contributed by atoms with Crippen molar-refractivity contribution in [2.45, 2.75) is 51.8 Å². The molecule has 0 heterocycles. The molecule has 0 saturated heterocycles. The number of hydrogen-bond donors (Lipinski definition) is 3. The summed E-state index contributed by atoms with van der Waals surface area (Å²) >= 11 is 0.